The third-order valence-corrected chi connectivity index (χ3v) is 2.14. The van der Waals surface area contributed by atoms with Gasteiger partial charge in [-0.25, -0.2) is 4.79 Å². The van der Waals surface area contributed by atoms with E-state index in [-0.39, 0.29) is 12.4 Å². The summed E-state index contributed by atoms with van der Waals surface area (Å²) in [5.41, 5.74) is 0.530. The zero-order chi connectivity index (χ0) is 13.4. The molecule has 4 nitrogen and oxygen atoms in total. The lowest BCUT2D eigenvalue weighted by Gasteiger charge is -2.06. The van der Waals surface area contributed by atoms with Gasteiger partial charge in [-0.15, -0.1) is 0 Å². The van der Waals surface area contributed by atoms with Gasteiger partial charge in [0, 0.05) is 6.08 Å². The van der Waals surface area contributed by atoms with Gasteiger partial charge in [-0.3, -0.25) is 4.79 Å². The number of hydrogen-bond donors (Lipinski definition) is 0. The Balaban J connectivity index is 2.54. The number of ketones is 1. The average Bonchev–Trinajstić information content (AvgIpc) is 2.35. The third kappa shape index (κ3) is 4.41. The van der Waals surface area contributed by atoms with E-state index in [4.69, 9.17) is 9.47 Å². The first kappa shape index (κ1) is 14.0. The van der Waals surface area contributed by atoms with Crippen molar-refractivity contribution in [1.82, 2.24) is 0 Å². The van der Waals surface area contributed by atoms with Gasteiger partial charge < -0.3 is 9.47 Å². The summed E-state index contributed by atoms with van der Waals surface area (Å²) in [6.07, 6.45) is 2.86. The standard InChI is InChI=1S/C14H16O4/c1-3-17-14(16)9-6-10-18-13-8-5-4-7-12(13)11(2)15/h4-9H,3,10H2,1-2H3/b9-6+. The Morgan fingerprint density at radius 3 is 2.67 bits per heavy atom. The summed E-state index contributed by atoms with van der Waals surface area (Å²) < 4.78 is 10.1. The van der Waals surface area contributed by atoms with Crippen LogP contribution in [0.25, 0.3) is 0 Å². The van der Waals surface area contributed by atoms with E-state index in [2.05, 4.69) is 0 Å². The Hall–Kier alpha value is -2.10. The average molecular weight is 248 g/mol. The third-order valence-electron chi connectivity index (χ3n) is 2.14. The molecule has 0 amide bonds. The van der Waals surface area contributed by atoms with E-state index in [9.17, 15) is 9.59 Å². The van der Waals surface area contributed by atoms with E-state index >= 15 is 0 Å². The largest absolute Gasteiger partial charge is 0.489 e. The topological polar surface area (TPSA) is 52.6 Å². The Morgan fingerprint density at radius 2 is 2.00 bits per heavy atom. The number of carbonyl (C=O) groups is 2. The van der Waals surface area contributed by atoms with E-state index in [1.807, 2.05) is 0 Å². The number of Topliss-reactive ketones (excluding diaryl/α,β-unsaturated/α-hetero) is 1. The molecule has 0 saturated carbocycles. The highest BCUT2D eigenvalue weighted by Gasteiger charge is 2.06. The molecule has 96 valence electrons. The minimum Gasteiger partial charge on any atom is -0.489 e. The van der Waals surface area contributed by atoms with E-state index < -0.39 is 5.97 Å². The smallest absolute Gasteiger partial charge is 0.330 e. The Labute approximate surface area is 106 Å². The first-order valence-electron chi connectivity index (χ1n) is 5.71. The van der Waals surface area contributed by atoms with Crippen LogP contribution in [0, 0.1) is 0 Å². The molecule has 1 rings (SSSR count). The molecule has 0 heterocycles. The number of benzene rings is 1. The first-order chi connectivity index (χ1) is 8.65. The Morgan fingerprint density at radius 1 is 1.28 bits per heavy atom. The van der Waals surface area contributed by atoms with Crippen molar-refractivity contribution in [2.45, 2.75) is 13.8 Å². The van der Waals surface area contributed by atoms with Crippen LogP contribution in [0.1, 0.15) is 24.2 Å². The van der Waals surface area contributed by atoms with E-state index in [1.54, 1.807) is 37.3 Å². The van der Waals surface area contributed by atoms with Gasteiger partial charge in [-0.1, -0.05) is 12.1 Å². The van der Waals surface area contributed by atoms with Gasteiger partial charge in [0.2, 0.25) is 0 Å². The fraction of sp³-hybridized carbons (Fsp3) is 0.286. The summed E-state index contributed by atoms with van der Waals surface area (Å²) in [5, 5.41) is 0. The molecule has 0 unspecified atom stereocenters. The van der Waals surface area contributed by atoms with Crippen molar-refractivity contribution in [2.75, 3.05) is 13.2 Å². The van der Waals surface area contributed by atoms with Gasteiger partial charge in [-0.2, -0.15) is 0 Å². The zero-order valence-corrected chi connectivity index (χ0v) is 10.5. The quantitative estimate of drug-likeness (QED) is 0.440. The second-order valence-electron chi connectivity index (χ2n) is 3.52. The van der Waals surface area contributed by atoms with Crippen LogP contribution in [0.5, 0.6) is 5.75 Å². The van der Waals surface area contributed by atoms with Crippen molar-refractivity contribution in [1.29, 1.82) is 0 Å². The van der Waals surface area contributed by atoms with Crippen LogP contribution < -0.4 is 4.74 Å². The SMILES string of the molecule is CCOC(=O)/C=C/COc1ccccc1C(C)=O. The van der Waals surface area contributed by atoms with Crippen LogP contribution in [-0.2, 0) is 9.53 Å². The lowest BCUT2D eigenvalue weighted by molar-refractivity contribution is -0.137. The molecule has 0 atom stereocenters. The molecule has 0 aromatic heterocycles. The highest BCUT2D eigenvalue weighted by molar-refractivity contribution is 5.96. The lowest BCUT2D eigenvalue weighted by Crippen LogP contribution is -2.03. The molecule has 4 heteroatoms. The second-order valence-corrected chi connectivity index (χ2v) is 3.52. The van der Waals surface area contributed by atoms with Gasteiger partial charge >= 0.3 is 5.97 Å². The molecule has 0 aliphatic rings. The predicted octanol–water partition coefficient (Wildman–Crippen LogP) is 2.39. The number of ether oxygens (including phenoxy) is 2. The monoisotopic (exact) mass is 248 g/mol. The van der Waals surface area contributed by atoms with Gasteiger partial charge in [-0.05, 0) is 32.1 Å². The number of esters is 1. The van der Waals surface area contributed by atoms with Crippen molar-refractivity contribution in [3.8, 4) is 5.75 Å². The highest BCUT2D eigenvalue weighted by atomic mass is 16.5. The van der Waals surface area contributed by atoms with Crippen LogP contribution in [0.4, 0.5) is 0 Å². The lowest BCUT2D eigenvalue weighted by atomic mass is 10.1. The number of carbonyl (C=O) groups excluding carboxylic acids is 2. The van der Waals surface area contributed by atoms with Crippen LogP contribution in [0.2, 0.25) is 0 Å². The van der Waals surface area contributed by atoms with Crippen LogP contribution in [0.15, 0.2) is 36.4 Å². The minimum atomic E-state index is -0.402. The molecular weight excluding hydrogens is 232 g/mol. The number of rotatable bonds is 6. The normalized spacial score (nSPS) is 10.3. The van der Waals surface area contributed by atoms with Crippen LogP contribution in [-0.4, -0.2) is 25.0 Å². The molecule has 0 fully saturated rings. The minimum absolute atomic E-state index is 0.0556. The maximum absolute atomic E-state index is 11.3. The molecule has 0 N–H and O–H groups in total. The zero-order valence-electron chi connectivity index (χ0n) is 10.5. The van der Waals surface area contributed by atoms with E-state index in [1.165, 1.54) is 13.0 Å². The van der Waals surface area contributed by atoms with E-state index in [0.717, 1.165) is 0 Å². The van der Waals surface area contributed by atoms with Gasteiger partial charge in [0.25, 0.3) is 0 Å². The van der Waals surface area contributed by atoms with Crippen LogP contribution in [0.3, 0.4) is 0 Å². The van der Waals surface area contributed by atoms with Crippen molar-refractivity contribution >= 4 is 11.8 Å². The molecule has 0 spiro atoms. The van der Waals surface area contributed by atoms with Crippen molar-refractivity contribution in [3.63, 3.8) is 0 Å². The summed E-state index contributed by atoms with van der Waals surface area (Å²) in [7, 11) is 0. The number of hydrogen-bond acceptors (Lipinski definition) is 4. The maximum atomic E-state index is 11.3. The van der Waals surface area contributed by atoms with Crippen molar-refractivity contribution in [2.24, 2.45) is 0 Å². The fourth-order valence-electron chi connectivity index (χ4n) is 1.36. The molecule has 18 heavy (non-hydrogen) atoms. The molecule has 0 aliphatic carbocycles. The van der Waals surface area contributed by atoms with E-state index in [0.29, 0.717) is 17.9 Å². The summed E-state index contributed by atoms with van der Waals surface area (Å²) in [5.74, 6) is 0.0550. The van der Waals surface area contributed by atoms with Crippen molar-refractivity contribution < 1.29 is 19.1 Å². The molecule has 0 bridgehead atoms. The van der Waals surface area contributed by atoms with Gasteiger partial charge in [0.05, 0.1) is 12.2 Å². The summed E-state index contributed by atoms with van der Waals surface area (Å²) in [6, 6.07) is 6.98. The highest BCUT2D eigenvalue weighted by Crippen LogP contribution is 2.18. The molecule has 1 aromatic carbocycles. The Kier molecular flexibility index (Phi) is 5.64. The van der Waals surface area contributed by atoms with Crippen molar-refractivity contribution in [3.05, 3.63) is 42.0 Å². The Bertz CT molecular complexity index is 449. The molecule has 0 saturated heterocycles. The fourth-order valence-corrected chi connectivity index (χ4v) is 1.36. The van der Waals surface area contributed by atoms with Gasteiger partial charge in [0.15, 0.2) is 5.78 Å². The first-order valence-corrected chi connectivity index (χ1v) is 5.71. The molecule has 0 aliphatic heterocycles. The summed E-state index contributed by atoms with van der Waals surface area (Å²) in [6.45, 7) is 3.78. The number of para-hydroxylation sites is 1. The maximum Gasteiger partial charge on any atom is 0.330 e. The summed E-state index contributed by atoms with van der Waals surface area (Å²) >= 11 is 0. The second kappa shape index (κ2) is 7.27. The summed E-state index contributed by atoms with van der Waals surface area (Å²) in [4.78, 5) is 22.3. The molecule has 0 radical (unpaired) electrons. The van der Waals surface area contributed by atoms with Crippen LogP contribution >= 0.6 is 0 Å². The molecule has 1 aromatic rings. The van der Waals surface area contributed by atoms with Gasteiger partial charge in [0.1, 0.15) is 12.4 Å². The molecular formula is C14H16O4. The predicted molar refractivity (Wildman–Crippen MR) is 67.7 cm³/mol.